The average Bonchev–Trinajstić information content (AvgIpc) is 3.16. The Kier molecular flexibility index (Phi) is 7.70. The molecule has 0 spiro atoms. The molecule has 0 aliphatic heterocycles. The molecule has 3 rings (SSSR count). The molecule has 162 valence electrons. The number of hydrogen-bond donors (Lipinski definition) is 2. The lowest BCUT2D eigenvalue weighted by Gasteiger charge is -2.05. The average molecular weight is 488 g/mol. The smallest absolute Gasteiger partial charge is 0.288 e. The minimum atomic E-state index is -2.49. The van der Waals surface area contributed by atoms with E-state index >= 15 is 0 Å². The van der Waals surface area contributed by atoms with Crippen molar-refractivity contribution in [2.45, 2.75) is 15.0 Å². The molecule has 0 saturated heterocycles. The van der Waals surface area contributed by atoms with Crippen LogP contribution in [0.5, 0.6) is 0 Å². The molecule has 0 aliphatic carbocycles. The Bertz CT molecular complexity index is 1080. The summed E-state index contributed by atoms with van der Waals surface area (Å²) in [6.45, 7) is 0. The van der Waals surface area contributed by atoms with E-state index in [1.807, 2.05) is 0 Å². The van der Waals surface area contributed by atoms with Crippen LogP contribution in [0.4, 0.5) is 35.4 Å². The molecule has 1 amide bonds. The Labute approximate surface area is 185 Å². The number of rotatable bonds is 9. The number of nitro groups is 1. The quantitative estimate of drug-likeness (QED) is 0.235. The summed E-state index contributed by atoms with van der Waals surface area (Å²) < 4.78 is 38.9. The molecule has 14 heteroatoms. The van der Waals surface area contributed by atoms with Crippen LogP contribution in [0, 0.1) is 15.9 Å². The Hall–Kier alpha value is -2.84. The third-order valence-electron chi connectivity index (χ3n) is 3.50. The van der Waals surface area contributed by atoms with Crippen molar-refractivity contribution in [1.82, 2.24) is 10.2 Å². The zero-order valence-electron chi connectivity index (χ0n) is 15.3. The highest BCUT2D eigenvalue weighted by Gasteiger charge is 2.14. The normalized spacial score (nSPS) is 10.8. The van der Waals surface area contributed by atoms with Gasteiger partial charge >= 0.3 is 0 Å². The van der Waals surface area contributed by atoms with E-state index in [4.69, 9.17) is 0 Å². The lowest BCUT2D eigenvalue weighted by atomic mass is 10.2. The van der Waals surface area contributed by atoms with Crippen LogP contribution < -0.4 is 10.6 Å². The van der Waals surface area contributed by atoms with E-state index < -0.39 is 22.4 Å². The molecule has 0 atom stereocenters. The first kappa shape index (κ1) is 22.8. The van der Waals surface area contributed by atoms with Gasteiger partial charge in [0.05, 0.1) is 16.4 Å². The highest BCUT2D eigenvalue weighted by atomic mass is 32.2. The van der Waals surface area contributed by atoms with Gasteiger partial charge in [-0.05, 0) is 30.3 Å². The fourth-order valence-corrected chi connectivity index (χ4v) is 4.27. The van der Waals surface area contributed by atoms with Crippen LogP contribution in [0.15, 0.2) is 51.7 Å². The number of aromatic nitrogens is 2. The van der Waals surface area contributed by atoms with Gasteiger partial charge in [-0.1, -0.05) is 34.9 Å². The Morgan fingerprint density at radius 2 is 1.94 bits per heavy atom. The van der Waals surface area contributed by atoms with Crippen molar-refractivity contribution < 1.29 is 22.9 Å². The molecule has 0 aliphatic rings. The fraction of sp³-hybridized carbons (Fsp3) is 0.118. The van der Waals surface area contributed by atoms with Crippen LogP contribution in [0.25, 0.3) is 0 Å². The fourth-order valence-electron chi connectivity index (χ4n) is 2.20. The number of anilines is 3. The number of carbonyl (C=O) groups is 1. The monoisotopic (exact) mass is 487 g/mol. The molecule has 3 aromatic rings. The van der Waals surface area contributed by atoms with E-state index in [9.17, 15) is 28.1 Å². The maximum Gasteiger partial charge on any atom is 0.288 e. The van der Waals surface area contributed by atoms with Crippen molar-refractivity contribution in [3.8, 4) is 0 Å². The zero-order chi connectivity index (χ0) is 22.4. The molecule has 0 fully saturated rings. The van der Waals surface area contributed by atoms with E-state index in [1.165, 1.54) is 0 Å². The number of nitro benzene ring substituents is 1. The second kappa shape index (κ2) is 10.5. The van der Waals surface area contributed by atoms with Crippen LogP contribution in [0.1, 0.15) is 0 Å². The van der Waals surface area contributed by atoms with Crippen molar-refractivity contribution >= 4 is 63.0 Å². The minimum absolute atomic E-state index is 0.115. The Balaban J connectivity index is 1.52. The molecule has 0 radical (unpaired) electrons. The van der Waals surface area contributed by atoms with Crippen LogP contribution in [0.3, 0.4) is 0 Å². The van der Waals surface area contributed by atoms with Crippen molar-refractivity contribution in [2.24, 2.45) is 0 Å². The zero-order valence-corrected chi connectivity index (χ0v) is 17.7. The van der Waals surface area contributed by atoms with Gasteiger partial charge in [0.15, 0.2) is 4.34 Å². The van der Waals surface area contributed by atoms with Gasteiger partial charge in [0.1, 0.15) is 5.82 Å². The molecule has 0 bridgehead atoms. The summed E-state index contributed by atoms with van der Waals surface area (Å²) in [6, 6.07) is 9.19. The van der Waals surface area contributed by atoms with E-state index in [-0.39, 0.29) is 17.1 Å². The molecule has 0 unspecified atom stereocenters. The van der Waals surface area contributed by atoms with Crippen molar-refractivity contribution in [1.29, 1.82) is 0 Å². The van der Waals surface area contributed by atoms with Gasteiger partial charge in [-0.2, -0.15) is 8.78 Å². The topological polar surface area (TPSA) is 110 Å². The second-order valence-corrected chi connectivity index (χ2v) is 8.92. The summed E-state index contributed by atoms with van der Waals surface area (Å²) in [5, 5.41) is 24.3. The van der Waals surface area contributed by atoms with Gasteiger partial charge in [-0.15, -0.1) is 10.2 Å². The first-order chi connectivity index (χ1) is 14.8. The van der Waals surface area contributed by atoms with Crippen molar-refractivity contribution in [3.05, 3.63) is 58.4 Å². The summed E-state index contributed by atoms with van der Waals surface area (Å²) >= 11 is 2.66. The summed E-state index contributed by atoms with van der Waals surface area (Å²) in [5.41, 5.74) is 0.00287. The molecule has 1 aromatic heterocycles. The summed E-state index contributed by atoms with van der Waals surface area (Å²) in [4.78, 5) is 22.6. The maximum absolute atomic E-state index is 13.7. The predicted octanol–water partition coefficient (Wildman–Crippen LogP) is 5.37. The third-order valence-corrected chi connectivity index (χ3v) is 6.19. The van der Waals surface area contributed by atoms with E-state index in [0.29, 0.717) is 31.8 Å². The molecule has 0 saturated carbocycles. The predicted molar refractivity (Wildman–Crippen MR) is 114 cm³/mol. The number of hydrogen-bond acceptors (Lipinski definition) is 9. The first-order valence-corrected chi connectivity index (χ1v) is 11.0. The molecule has 1 heterocycles. The number of nitrogens with one attached hydrogen (secondary N) is 2. The number of halogens is 3. The summed E-state index contributed by atoms with van der Waals surface area (Å²) in [7, 11) is 0. The molecular weight excluding hydrogens is 475 g/mol. The maximum atomic E-state index is 13.7. The van der Waals surface area contributed by atoms with Crippen LogP contribution in [-0.2, 0) is 4.79 Å². The van der Waals surface area contributed by atoms with Crippen LogP contribution in [-0.4, -0.2) is 32.5 Å². The number of benzene rings is 2. The Morgan fingerprint density at radius 1 is 1.19 bits per heavy atom. The van der Waals surface area contributed by atoms with Crippen LogP contribution in [0.2, 0.25) is 0 Å². The van der Waals surface area contributed by atoms with Crippen molar-refractivity contribution in [2.75, 3.05) is 16.4 Å². The highest BCUT2D eigenvalue weighted by Crippen LogP contribution is 2.30. The van der Waals surface area contributed by atoms with E-state index in [2.05, 4.69) is 20.8 Å². The third kappa shape index (κ3) is 6.83. The minimum Gasteiger partial charge on any atom is -0.330 e. The number of nitrogens with zero attached hydrogens (tertiary/aromatic N) is 3. The number of carbonyl (C=O) groups excluding carboxylic acids is 1. The molecule has 2 aromatic carbocycles. The molecule has 2 N–H and O–H groups in total. The van der Waals surface area contributed by atoms with Gasteiger partial charge in [0.25, 0.3) is 11.4 Å². The SMILES string of the molecule is O=C(CSc1nnc(Nc2ccc(SC(F)F)cc2)s1)Nc1cc([N+](=O)[O-])ccc1F. The van der Waals surface area contributed by atoms with Gasteiger partial charge < -0.3 is 10.6 Å². The van der Waals surface area contributed by atoms with Gasteiger partial charge in [-0.3, -0.25) is 14.9 Å². The van der Waals surface area contributed by atoms with Gasteiger partial charge in [-0.25, -0.2) is 4.39 Å². The van der Waals surface area contributed by atoms with Crippen molar-refractivity contribution in [3.63, 3.8) is 0 Å². The number of thioether (sulfide) groups is 2. The lowest BCUT2D eigenvalue weighted by molar-refractivity contribution is -0.384. The summed E-state index contributed by atoms with van der Waals surface area (Å²) in [5.74, 6) is -3.96. The van der Waals surface area contributed by atoms with Gasteiger partial charge in [0, 0.05) is 22.7 Å². The van der Waals surface area contributed by atoms with E-state index in [1.54, 1.807) is 24.3 Å². The van der Waals surface area contributed by atoms with E-state index in [0.717, 1.165) is 41.3 Å². The largest absolute Gasteiger partial charge is 0.330 e. The number of alkyl halides is 2. The lowest BCUT2D eigenvalue weighted by Crippen LogP contribution is -2.15. The molecule has 31 heavy (non-hydrogen) atoms. The van der Waals surface area contributed by atoms with Gasteiger partial charge in [0.2, 0.25) is 11.0 Å². The molecular formula is C17H12F3N5O3S3. The second-order valence-electron chi connectivity index (χ2n) is 5.66. The Morgan fingerprint density at radius 3 is 2.61 bits per heavy atom. The van der Waals surface area contributed by atoms with Crippen LogP contribution >= 0.6 is 34.9 Å². The highest BCUT2D eigenvalue weighted by molar-refractivity contribution is 8.01. The summed E-state index contributed by atoms with van der Waals surface area (Å²) in [6.07, 6.45) is 0. The standard InChI is InChI=1S/C17H12F3N5O3S3/c18-12-6-3-10(25(27)28)7-13(12)22-14(26)8-29-17-24-23-16(31-17)21-9-1-4-11(5-2-9)30-15(19)20/h1-7,15H,8H2,(H,21,23)(H,22,26). The number of non-ortho nitro benzene ring substituents is 1. The molecule has 8 nitrogen and oxygen atoms in total. The number of amides is 1. The first-order valence-electron chi connectivity index (χ1n) is 8.32.